The molecule has 0 radical (unpaired) electrons. The summed E-state index contributed by atoms with van der Waals surface area (Å²) < 4.78 is 3.32. The number of hydrogen-bond acceptors (Lipinski definition) is 8. The van der Waals surface area contributed by atoms with Crippen molar-refractivity contribution in [3.05, 3.63) is 68.3 Å². The van der Waals surface area contributed by atoms with E-state index in [1.54, 1.807) is 41.3 Å². The molecule has 1 aromatic carbocycles. The normalized spacial score (nSPS) is 13.1. The lowest BCUT2D eigenvalue weighted by Gasteiger charge is -2.23. The van der Waals surface area contributed by atoms with Crippen LogP contribution in [0.15, 0.2) is 63.6 Å². The highest BCUT2D eigenvalue weighted by Crippen LogP contribution is 2.37. The van der Waals surface area contributed by atoms with Crippen LogP contribution in [-0.2, 0) is 5.75 Å². The minimum Gasteiger partial charge on any atom is -0.388 e. The average Bonchev–Trinajstić information content (AvgIpc) is 2.74. The molecule has 3 aromatic rings. The van der Waals surface area contributed by atoms with Crippen LogP contribution in [0.4, 0.5) is 11.4 Å². The molecule has 1 aliphatic heterocycles. The largest absolute Gasteiger partial charge is 0.388 e. The van der Waals surface area contributed by atoms with Gasteiger partial charge >= 0.3 is 0 Å². The molecule has 7 nitrogen and oxygen atoms in total. The van der Waals surface area contributed by atoms with E-state index in [9.17, 15) is 4.79 Å². The molecule has 148 valence electrons. The lowest BCUT2D eigenvalue weighted by atomic mass is 10.2. The Morgan fingerprint density at radius 2 is 2.14 bits per heavy atom. The number of nitrogens with zero attached hydrogens (tertiary/aromatic N) is 5. The van der Waals surface area contributed by atoms with Crippen molar-refractivity contribution >= 4 is 61.9 Å². The van der Waals surface area contributed by atoms with Gasteiger partial charge < -0.3 is 5.32 Å². The molecule has 29 heavy (non-hydrogen) atoms. The van der Waals surface area contributed by atoms with Crippen molar-refractivity contribution in [2.75, 3.05) is 24.4 Å². The van der Waals surface area contributed by atoms with Gasteiger partial charge in [0.05, 0.1) is 11.9 Å². The topological polar surface area (TPSA) is 75.4 Å². The minimum absolute atomic E-state index is 0.198. The number of rotatable bonds is 4. The Morgan fingerprint density at radius 1 is 1.28 bits per heavy atom. The number of nitrogens with one attached hydrogen (secondary N) is 1. The molecule has 1 N–H and O–H groups in total. The van der Waals surface area contributed by atoms with Crippen LogP contribution < -0.4 is 15.9 Å². The van der Waals surface area contributed by atoms with Gasteiger partial charge in [0.1, 0.15) is 4.90 Å². The van der Waals surface area contributed by atoms with Gasteiger partial charge in [0.15, 0.2) is 10.2 Å². The zero-order valence-electron chi connectivity index (χ0n) is 15.7. The van der Waals surface area contributed by atoms with Gasteiger partial charge in [-0.05, 0) is 52.4 Å². The summed E-state index contributed by atoms with van der Waals surface area (Å²) in [4.78, 5) is 17.9. The molecule has 1 aliphatic rings. The summed E-state index contributed by atoms with van der Waals surface area (Å²) >= 11 is 5.29. The van der Waals surface area contributed by atoms with Crippen LogP contribution in [-0.4, -0.2) is 33.2 Å². The summed E-state index contributed by atoms with van der Waals surface area (Å²) in [5.41, 5.74) is 2.79. The highest BCUT2D eigenvalue weighted by atomic mass is 127. The summed E-state index contributed by atoms with van der Waals surface area (Å²) in [7, 11) is 3.75. The van der Waals surface area contributed by atoms with Gasteiger partial charge in [-0.1, -0.05) is 35.7 Å². The third kappa shape index (κ3) is 4.28. The second kappa shape index (κ2) is 8.76. The van der Waals surface area contributed by atoms with Crippen LogP contribution in [0, 0.1) is 3.57 Å². The van der Waals surface area contributed by atoms with E-state index in [2.05, 4.69) is 61.3 Å². The summed E-state index contributed by atoms with van der Waals surface area (Å²) in [6.07, 6.45) is 3.30. The van der Waals surface area contributed by atoms with Crippen molar-refractivity contribution in [3.63, 3.8) is 0 Å². The highest BCUT2D eigenvalue weighted by Gasteiger charge is 2.24. The van der Waals surface area contributed by atoms with Crippen molar-refractivity contribution in [1.29, 1.82) is 0 Å². The van der Waals surface area contributed by atoms with Gasteiger partial charge in [0.2, 0.25) is 0 Å². The molecule has 0 aliphatic carbocycles. The first kappa shape index (κ1) is 20.2. The first-order valence-corrected chi connectivity index (χ1v) is 11.6. The SMILES string of the molecule is CNc1cc(I)ccc1CSC1=NN(C)c2cnn(-c3ccccn3)c(=O)c2S1. The minimum atomic E-state index is -0.198. The number of benzene rings is 1. The molecule has 3 heterocycles. The smallest absolute Gasteiger partial charge is 0.289 e. The van der Waals surface area contributed by atoms with E-state index in [0.29, 0.717) is 16.4 Å². The summed E-state index contributed by atoms with van der Waals surface area (Å²) in [5, 5.41) is 13.8. The molecular formula is C19H17IN6OS2. The maximum Gasteiger partial charge on any atom is 0.289 e. The van der Waals surface area contributed by atoms with Gasteiger partial charge in [0, 0.05) is 35.3 Å². The summed E-state index contributed by atoms with van der Waals surface area (Å²) in [6.45, 7) is 0. The average molecular weight is 536 g/mol. The Labute approximate surface area is 190 Å². The van der Waals surface area contributed by atoms with Crippen molar-refractivity contribution in [2.45, 2.75) is 10.6 Å². The van der Waals surface area contributed by atoms with Gasteiger partial charge in [-0.3, -0.25) is 9.80 Å². The molecule has 10 heteroatoms. The number of fused-ring (bicyclic) bond motifs is 1. The van der Waals surface area contributed by atoms with Crippen LogP contribution in [0.2, 0.25) is 0 Å². The zero-order chi connectivity index (χ0) is 20.4. The standard InChI is InChI=1S/C19H17IN6OS2/c1-21-14-9-13(20)7-6-12(14)11-28-19-24-25(2)15-10-23-26(18(27)17(15)29-19)16-5-3-4-8-22-16/h3-10,21H,11H2,1-2H3. The third-order valence-corrected chi connectivity index (χ3v) is 7.15. The lowest BCUT2D eigenvalue weighted by molar-refractivity contribution is 0.751. The molecule has 0 spiro atoms. The second-order valence-corrected chi connectivity index (χ2v) is 9.56. The van der Waals surface area contributed by atoms with E-state index in [-0.39, 0.29) is 5.56 Å². The number of halogens is 1. The van der Waals surface area contributed by atoms with Crippen LogP contribution in [0.1, 0.15) is 5.56 Å². The van der Waals surface area contributed by atoms with Crippen molar-refractivity contribution in [2.24, 2.45) is 5.10 Å². The van der Waals surface area contributed by atoms with E-state index in [1.807, 2.05) is 20.2 Å². The maximum absolute atomic E-state index is 13.1. The Balaban J connectivity index is 1.59. The van der Waals surface area contributed by atoms with E-state index in [4.69, 9.17) is 0 Å². The third-order valence-electron chi connectivity index (χ3n) is 4.24. The van der Waals surface area contributed by atoms with E-state index < -0.39 is 0 Å². The quantitative estimate of drug-likeness (QED) is 0.505. The predicted octanol–water partition coefficient (Wildman–Crippen LogP) is 4.02. The van der Waals surface area contributed by atoms with Gasteiger partial charge in [-0.2, -0.15) is 14.9 Å². The van der Waals surface area contributed by atoms with Crippen molar-refractivity contribution in [1.82, 2.24) is 14.8 Å². The van der Waals surface area contributed by atoms with Gasteiger partial charge in [-0.15, -0.1) is 0 Å². The first-order chi connectivity index (χ1) is 14.1. The fraction of sp³-hybridized carbons (Fsp3) is 0.158. The summed E-state index contributed by atoms with van der Waals surface area (Å²) in [6, 6.07) is 11.7. The Kier molecular flexibility index (Phi) is 6.11. The molecule has 4 rings (SSSR count). The zero-order valence-corrected chi connectivity index (χ0v) is 19.5. The number of pyridine rings is 1. The highest BCUT2D eigenvalue weighted by molar-refractivity contribution is 14.1. The molecule has 0 fully saturated rings. The number of thioether (sulfide) groups is 2. The van der Waals surface area contributed by atoms with E-state index in [0.717, 1.165) is 15.8 Å². The Morgan fingerprint density at radius 3 is 2.90 bits per heavy atom. The number of anilines is 2. The van der Waals surface area contributed by atoms with Gasteiger partial charge in [-0.25, -0.2) is 4.98 Å². The predicted molar refractivity (Wildman–Crippen MR) is 129 cm³/mol. The molecular weight excluding hydrogens is 519 g/mol. The van der Waals surface area contributed by atoms with Crippen molar-refractivity contribution in [3.8, 4) is 5.82 Å². The fourth-order valence-corrected chi connectivity index (χ4v) is 5.45. The monoisotopic (exact) mass is 536 g/mol. The molecule has 0 saturated carbocycles. The second-order valence-electron chi connectivity index (χ2n) is 6.10. The Bertz CT molecular complexity index is 1140. The first-order valence-electron chi connectivity index (χ1n) is 8.69. The van der Waals surface area contributed by atoms with E-state index in [1.165, 1.54) is 25.6 Å². The van der Waals surface area contributed by atoms with Crippen molar-refractivity contribution < 1.29 is 0 Å². The molecule has 0 atom stereocenters. The summed E-state index contributed by atoms with van der Waals surface area (Å²) in [5.74, 6) is 1.25. The Hall–Kier alpha value is -2.05. The van der Waals surface area contributed by atoms with Crippen LogP contribution in [0.25, 0.3) is 5.82 Å². The van der Waals surface area contributed by atoms with Gasteiger partial charge in [0.25, 0.3) is 5.56 Å². The van der Waals surface area contributed by atoms with Crippen LogP contribution >= 0.6 is 46.1 Å². The number of hydrogen-bond donors (Lipinski definition) is 1. The molecule has 0 unspecified atom stereocenters. The maximum atomic E-state index is 13.1. The number of hydrazone groups is 1. The van der Waals surface area contributed by atoms with Crippen LogP contribution in [0.5, 0.6) is 0 Å². The molecule has 2 aromatic heterocycles. The van der Waals surface area contributed by atoms with E-state index >= 15 is 0 Å². The molecule has 0 saturated heterocycles. The fourth-order valence-electron chi connectivity index (χ4n) is 2.79. The lowest BCUT2D eigenvalue weighted by Crippen LogP contribution is -2.28. The van der Waals surface area contributed by atoms with Crippen LogP contribution in [0.3, 0.4) is 0 Å². The molecule has 0 amide bonds. The number of aromatic nitrogens is 3. The molecule has 0 bridgehead atoms.